The Morgan fingerprint density at radius 1 is 0.347 bits per heavy atom. The first kappa shape index (κ1) is 27.6. The predicted octanol–water partition coefficient (Wildman–Crippen LogP) is 10.0. The van der Waals surface area contributed by atoms with Crippen molar-refractivity contribution in [3.05, 3.63) is 140 Å². The average molecular weight is 646 g/mol. The van der Waals surface area contributed by atoms with Gasteiger partial charge in [-0.1, -0.05) is 97.1 Å². The van der Waals surface area contributed by atoms with Crippen LogP contribution in [-0.2, 0) is 0 Å². The molecule has 228 valence electrons. The van der Waals surface area contributed by atoms with Crippen molar-refractivity contribution in [1.82, 2.24) is 34.9 Å². The van der Waals surface area contributed by atoms with Crippen molar-refractivity contribution >= 4 is 86.7 Å². The lowest BCUT2D eigenvalue weighted by molar-refractivity contribution is 1.18. The fourth-order valence-electron chi connectivity index (χ4n) is 6.27. The van der Waals surface area contributed by atoms with Crippen molar-refractivity contribution in [2.24, 2.45) is 0 Å². The molecule has 0 aliphatic carbocycles. The molecular weight excluding hydrogens is 623 g/mol. The van der Waals surface area contributed by atoms with Gasteiger partial charge in [0.05, 0.1) is 10.2 Å². The van der Waals surface area contributed by atoms with Gasteiger partial charge in [0.25, 0.3) is 0 Å². The van der Waals surface area contributed by atoms with E-state index in [9.17, 15) is 0 Å². The zero-order valence-electron chi connectivity index (χ0n) is 25.8. The largest absolute Gasteiger partial charge is 0.243 e. The third-order valence-electron chi connectivity index (χ3n) is 8.71. The highest BCUT2D eigenvalue weighted by atomic mass is 32.1. The molecule has 8 heteroatoms. The fraction of sp³-hybridized carbons (Fsp3) is 0. The first-order valence-corrected chi connectivity index (χ1v) is 16.7. The highest BCUT2D eigenvalue weighted by Gasteiger charge is 2.12. The number of aromatic nitrogens is 7. The smallest absolute Gasteiger partial charge is 0.182 e. The minimum absolute atomic E-state index is 0.518. The first-order chi connectivity index (χ1) is 24.2. The van der Waals surface area contributed by atoms with Gasteiger partial charge in [-0.25, -0.2) is 34.9 Å². The summed E-state index contributed by atoms with van der Waals surface area (Å²) in [6.45, 7) is 0. The Bertz CT molecular complexity index is 2800. The number of rotatable bonds is 2. The van der Waals surface area contributed by atoms with E-state index in [-0.39, 0.29) is 0 Å². The summed E-state index contributed by atoms with van der Waals surface area (Å²) in [5.41, 5.74) is 5.70. The molecule has 0 radical (unpaired) electrons. The molecule has 0 spiro atoms. The van der Waals surface area contributed by atoms with E-state index in [0.717, 1.165) is 58.4 Å². The molecule has 10 aromatic rings. The molecule has 0 fully saturated rings. The second-order valence-electron chi connectivity index (χ2n) is 11.9. The van der Waals surface area contributed by atoms with E-state index >= 15 is 0 Å². The zero-order chi connectivity index (χ0) is 32.3. The van der Waals surface area contributed by atoms with Gasteiger partial charge in [-0.2, -0.15) is 0 Å². The Morgan fingerprint density at radius 2 is 0.857 bits per heavy atom. The number of nitrogens with zero attached hydrogens (tertiary/aromatic N) is 7. The molecule has 7 nitrogen and oxygen atoms in total. The van der Waals surface area contributed by atoms with Crippen LogP contribution in [0, 0.1) is 0 Å². The van der Waals surface area contributed by atoms with Gasteiger partial charge < -0.3 is 0 Å². The van der Waals surface area contributed by atoms with Crippen LogP contribution in [0.15, 0.2) is 140 Å². The number of hydrogen-bond donors (Lipinski definition) is 0. The Morgan fingerprint density at radius 3 is 1.47 bits per heavy atom. The molecule has 0 aliphatic rings. The molecule has 49 heavy (non-hydrogen) atoms. The molecular formula is C41H23N7S. The van der Waals surface area contributed by atoms with Crippen molar-refractivity contribution < 1.29 is 0 Å². The Kier molecular flexibility index (Phi) is 6.22. The van der Waals surface area contributed by atoms with Gasteiger partial charge in [0, 0.05) is 37.4 Å². The van der Waals surface area contributed by atoms with Gasteiger partial charge in [0.1, 0.15) is 5.52 Å². The van der Waals surface area contributed by atoms with E-state index in [1.165, 1.54) is 0 Å². The second-order valence-corrected chi connectivity index (χ2v) is 12.9. The van der Waals surface area contributed by atoms with Crippen LogP contribution in [0.3, 0.4) is 0 Å². The van der Waals surface area contributed by atoms with Crippen LogP contribution in [0.1, 0.15) is 0 Å². The molecule has 12 bridgehead atoms. The molecule has 0 amide bonds. The van der Waals surface area contributed by atoms with Crippen LogP contribution in [0.2, 0.25) is 0 Å². The number of benzene rings is 5. The van der Waals surface area contributed by atoms with Gasteiger partial charge in [-0.15, -0.1) is 11.3 Å². The summed E-state index contributed by atoms with van der Waals surface area (Å²) in [7, 11) is 0. The average Bonchev–Trinajstić information content (AvgIpc) is 3.55. The van der Waals surface area contributed by atoms with Crippen molar-refractivity contribution in [3.8, 4) is 22.8 Å². The lowest BCUT2D eigenvalue weighted by Gasteiger charge is -2.04. The SMILES string of the molecule is c1ccc(-c2nc3nc(n2)c2ccc4sc5ccc(nc5c4c2)c2nc(-c4ccccc4)nc(n2)c2cccc(c2)c2cccc3c2)cc1. The predicted molar refractivity (Wildman–Crippen MR) is 200 cm³/mol. The van der Waals surface area contributed by atoms with Gasteiger partial charge in [0.15, 0.2) is 34.2 Å². The van der Waals surface area contributed by atoms with Crippen molar-refractivity contribution in [1.29, 1.82) is 0 Å². The molecule has 5 aromatic heterocycles. The third-order valence-corrected chi connectivity index (χ3v) is 9.84. The zero-order valence-corrected chi connectivity index (χ0v) is 26.6. The second kappa shape index (κ2) is 11.0. The van der Waals surface area contributed by atoms with E-state index in [0.29, 0.717) is 39.8 Å². The van der Waals surface area contributed by atoms with Gasteiger partial charge >= 0.3 is 0 Å². The lowest BCUT2D eigenvalue weighted by atomic mass is 10.1. The van der Waals surface area contributed by atoms with Crippen LogP contribution in [0.4, 0.5) is 0 Å². The topological polar surface area (TPSA) is 90.2 Å². The summed E-state index contributed by atoms with van der Waals surface area (Å²) in [6, 6.07) is 47.1. The summed E-state index contributed by atoms with van der Waals surface area (Å²) >= 11 is 1.71. The van der Waals surface area contributed by atoms with E-state index < -0.39 is 0 Å². The van der Waals surface area contributed by atoms with E-state index in [1.807, 2.05) is 91.0 Å². The summed E-state index contributed by atoms with van der Waals surface area (Å²) < 4.78 is 2.20. The molecule has 0 saturated carbocycles. The molecule has 0 unspecified atom stereocenters. The first-order valence-electron chi connectivity index (χ1n) is 15.9. The van der Waals surface area contributed by atoms with Crippen LogP contribution >= 0.6 is 11.3 Å². The maximum absolute atomic E-state index is 5.19. The van der Waals surface area contributed by atoms with Crippen molar-refractivity contribution in [2.45, 2.75) is 0 Å². The summed E-state index contributed by atoms with van der Waals surface area (Å²) in [6.07, 6.45) is 0. The van der Waals surface area contributed by atoms with Crippen LogP contribution in [-0.4, -0.2) is 34.9 Å². The molecule has 5 aromatic carbocycles. The number of fused-ring (bicyclic) bond motifs is 15. The molecule has 0 saturated heterocycles. The number of hydrogen-bond acceptors (Lipinski definition) is 8. The van der Waals surface area contributed by atoms with E-state index in [4.69, 9.17) is 34.9 Å². The van der Waals surface area contributed by atoms with Gasteiger partial charge in [-0.05, 0) is 53.2 Å². The Labute approximate surface area is 283 Å². The standard InChI is InChI=1S/C41H23N7S/c1-3-9-24(10-4-1)36-43-38-28-15-7-13-26(21-28)27-14-8-16-29(22-27)39-45-37(25-11-5-2-6-12-25)47-41(48-39)32-18-20-34-35(42-32)31-23-30(40(44-36)46-38)17-19-33(31)49-34/h1-23H. The summed E-state index contributed by atoms with van der Waals surface area (Å²) in [5, 5.41) is 5.74. The monoisotopic (exact) mass is 645 g/mol. The molecule has 0 atom stereocenters. The van der Waals surface area contributed by atoms with Crippen LogP contribution in [0.5, 0.6) is 0 Å². The number of pyridine rings is 1. The maximum atomic E-state index is 5.19. The van der Waals surface area contributed by atoms with Crippen LogP contribution < -0.4 is 0 Å². The highest BCUT2D eigenvalue weighted by Crippen LogP contribution is 2.35. The summed E-state index contributed by atoms with van der Waals surface area (Å²) in [5.74, 6) is 1.21. The van der Waals surface area contributed by atoms with E-state index in [2.05, 4.69) is 48.5 Å². The third kappa shape index (κ3) is 4.85. The minimum Gasteiger partial charge on any atom is -0.243 e. The Balaban J connectivity index is 1.40. The molecule has 5 heterocycles. The molecule has 10 rings (SSSR count). The van der Waals surface area contributed by atoms with Crippen LogP contribution in [0.25, 0.3) is 98.1 Å². The summed E-state index contributed by atoms with van der Waals surface area (Å²) in [4.78, 5) is 35.2. The molecule has 0 N–H and O–H groups in total. The minimum atomic E-state index is 0.518. The van der Waals surface area contributed by atoms with Crippen molar-refractivity contribution in [2.75, 3.05) is 0 Å². The van der Waals surface area contributed by atoms with Gasteiger partial charge in [0.2, 0.25) is 0 Å². The van der Waals surface area contributed by atoms with E-state index in [1.54, 1.807) is 11.3 Å². The quantitative estimate of drug-likeness (QED) is 0.185. The van der Waals surface area contributed by atoms with Crippen molar-refractivity contribution in [3.63, 3.8) is 0 Å². The fourth-order valence-corrected chi connectivity index (χ4v) is 7.30. The lowest BCUT2D eigenvalue weighted by Crippen LogP contribution is -1.95. The number of thiophene rings is 1. The van der Waals surface area contributed by atoms with Gasteiger partial charge in [-0.3, -0.25) is 0 Å². The Hall–Kier alpha value is -6.51. The highest BCUT2D eigenvalue weighted by molar-refractivity contribution is 7.25. The maximum Gasteiger partial charge on any atom is 0.182 e. The normalized spacial score (nSPS) is 11.7. The molecule has 0 aliphatic heterocycles.